The Morgan fingerprint density at radius 3 is 2.85 bits per heavy atom. The Labute approximate surface area is 78.2 Å². The largest absolute Gasteiger partial charge is 0.272 e. The lowest BCUT2D eigenvalue weighted by Crippen LogP contribution is -1.92. The first kappa shape index (κ1) is 8.30. The number of benzene rings is 1. The van der Waals surface area contributed by atoms with E-state index in [9.17, 15) is 0 Å². The molecule has 0 saturated heterocycles. The Morgan fingerprint density at radius 2 is 2.15 bits per heavy atom. The van der Waals surface area contributed by atoms with Gasteiger partial charge in [-0.3, -0.25) is 4.68 Å². The van der Waals surface area contributed by atoms with Crippen LogP contribution in [0.15, 0.2) is 24.4 Å². The Bertz CT molecular complexity index is 413. The second-order valence-electron chi connectivity index (χ2n) is 3.23. The molecular formula is C11H14N2. The summed E-state index contributed by atoms with van der Waals surface area (Å²) in [7, 11) is 0. The molecule has 1 heterocycles. The lowest BCUT2D eigenvalue weighted by molar-refractivity contribution is 0.668. The van der Waals surface area contributed by atoms with E-state index in [2.05, 4.69) is 43.3 Å². The maximum atomic E-state index is 4.46. The summed E-state index contributed by atoms with van der Waals surface area (Å²) in [4.78, 5) is 0. The summed E-state index contributed by atoms with van der Waals surface area (Å²) in [5, 5.41) is 5.69. The van der Waals surface area contributed by atoms with Crippen molar-refractivity contribution in [2.24, 2.45) is 0 Å². The van der Waals surface area contributed by atoms with Gasteiger partial charge in [0, 0.05) is 18.1 Å². The Balaban J connectivity index is 2.57. The molecule has 2 aromatic rings. The summed E-state index contributed by atoms with van der Waals surface area (Å²) in [6.07, 6.45) is 3.17. The summed E-state index contributed by atoms with van der Waals surface area (Å²) in [5.41, 5.74) is 2.47. The zero-order valence-corrected chi connectivity index (χ0v) is 8.12. The summed E-state index contributed by atoms with van der Waals surface area (Å²) < 4.78 is 1.98. The molecule has 0 unspecified atom stereocenters. The van der Waals surface area contributed by atoms with Gasteiger partial charge >= 0.3 is 0 Å². The zero-order chi connectivity index (χ0) is 9.26. The van der Waals surface area contributed by atoms with Crippen LogP contribution in [0.4, 0.5) is 0 Å². The Morgan fingerprint density at radius 1 is 1.31 bits per heavy atom. The van der Waals surface area contributed by atoms with E-state index < -0.39 is 0 Å². The van der Waals surface area contributed by atoms with Gasteiger partial charge in [-0.2, -0.15) is 5.10 Å². The molecule has 0 aliphatic heterocycles. The van der Waals surface area contributed by atoms with Crippen LogP contribution in [0.25, 0.3) is 10.9 Å². The molecule has 0 bridgehead atoms. The number of fused-ring (bicyclic) bond motifs is 1. The van der Waals surface area contributed by atoms with E-state index in [1.807, 2.05) is 4.68 Å². The quantitative estimate of drug-likeness (QED) is 0.684. The normalized spacial score (nSPS) is 10.9. The molecule has 2 heteroatoms. The minimum Gasteiger partial charge on any atom is -0.272 e. The Kier molecular flexibility index (Phi) is 2.05. The summed E-state index contributed by atoms with van der Waals surface area (Å²) in [5.74, 6) is 0. The first-order valence-corrected chi connectivity index (χ1v) is 4.79. The van der Waals surface area contributed by atoms with Crippen LogP contribution in [0.2, 0.25) is 0 Å². The predicted octanol–water partition coefficient (Wildman–Crippen LogP) is 2.62. The second kappa shape index (κ2) is 3.21. The van der Waals surface area contributed by atoms with Crippen molar-refractivity contribution in [3.8, 4) is 0 Å². The van der Waals surface area contributed by atoms with Crippen molar-refractivity contribution in [3.63, 3.8) is 0 Å². The van der Waals surface area contributed by atoms with E-state index >= 15 is 0 Å². The van der Waals surface area contributed by atoms with Crippen LogP contribution in [0.1, 0.15) is 19.4 Å². The van der Waals surface area contributed by atoms with Crippen molar-refractivity contribution >= 4 is 10.9 Å². The molecular weight excluding hydrogens is 160 g/mol. The average molecular weight is 174 g/mol. The SMILES string of the molecule is CCc1ccc2cn(CC)nc2c1. The summed E-state index contributed by atoms with van der Waals surface area (Å²) >= 11 is 0. The molecule has 0 radical (unpaired) electrons. The minimum absolute atomic E-state index is 0.941. The fourth-order valence-electron chi connectivity index (χ4n) is 1.49. The first-order chi connectivity index (χ1) is 6.33. The van der Waals surface area contributed by atoms with Crippen molar-refractivity contribution in [2.45, 2.75) is 26.8 Å². The highest BCUT2D eigenvalue weighted by molar-refractivity contribution is 5.78. The fraction of sp³-hybridized carbons (Fsp3) is 0.364. The third-order valence-corrected chi connectivity index (χ3v) is 2.35. The van der Waals surface area contributed by atoms with Gasteiger partial charge in [0.2, 0.25) is 0 Å². The lowest BCUT2D eigenvalue weighted by atomic mass is 10.1. The van der Waals surface area contributed by atoms with Gasteiger partial charge in [0.25, 0.3) is 0 Å². The molecule has 13 heavy (non-hydrogen) atoms. The molecule has 0 N–H and O–H groups in total. The third-order valence-electron chi connectivity index (χ3n) is 2.35. The highest BCUT2D eigenvalue weighted by atomic mass is 15.3. The van der Waals surface area contributed by atoms with E-state index in [-0.39, 0.29) is 0 Å². The van der Waals surface area contributed by atoms with Crippen molar-refractivity contribution < 1.29 is 0 Å². The third kappa shape index (κ3) is 1.44. The van der Waals surface area contributed by atoms with Gasteiger partial charge in [-0.25, -0.2) is 0 Å². The lowest BCUT2D eigenvalue weighted by Gasteiger charge is -1.93. The standard InChI is InChI=1S/C11H14N2/c1-3-9-5-6-10-8-13(4-2)12-11(10)7-9/h5-8H,3-4H2,1-2H3. The molecule has 68 valence electrons. The Hall–Kier alpha value is -1.31. The topological polar surface area (TPSA) is 17.8 Å². The van der Waals surface area contributed by atoms with E-state index in [0.717, 1.165) is 18.5 Å². The van der Waals surface area contributed by atoms with E-state index in [1.165, 1.54) is 10.9 Å². The smallest absolute Gasteiger partial charge is 0.0926 e. The monoisotopic (exact) mass is 174 g/mol. The van der Waals surface area contributed by atoms with E-state index in [4.69, 9.17) is 0 Å². The molecule has 1 aromatic heterocycles. The van der Waals surface area contributed by atoms with Crippen LogP contribution in [0, 0.1) is 0 Å². The highest BCUT2D eigenvalue weighted by Gasteiger charge is 1.99. The van der Waals surface area contributed by atoms with Crippen LogP contribution >= 0.6 is 0 Å². The molecule has 2 nitrogen and oxygen atoms in total. The molecule has 0 aliphatic rings. The molecule has 0 fully saturated rings. The van der Waals surface area contributed by atoms with Crippen molar-refractivity contribution in [1.82, 2.24) is 9.78 Å². The fourth-order valence-corrected chi connectivity index (χ4v) is 1.49. The first-order valence-electron chi connectivity index (χ1n) is 4.79. The number of aromatic nitrogens is 2. The molecule has 0 spiro atoms. The van der Waals surface area contributed by atoms with Gasteiger partial charge in [-0.05, 0) is 25.0 Å². The molecule has 0 atom stereocenters. The van der Waals surface area contributed by atoms with Gasteiger partial charge in [0.05, 0.1) is 5.52 Å². The van der Waals surface area contributed by atoms with Crippen LogP contribution in [-0.4, -0.2) is 9.78 Å². The zero-order valence-electron chi connectivity index (χ0n) is 8.12. The van der Waals surface area contributed by atoms with Crippen LogP contribution in [-0.2, 0) is 13.0 Å². The molecule has 0 amide bonds. The van der Waals surface area contributed by atoms with Gasteiger partial charge < -0.3 is 0 Å². The predicted molar refractivity (Wildman–Crippen MR) is 54.8 cm³/mol. The maximum Gasteiger partial charge on any atom is 0.0926 e. The number of hydrogen-bond donors (Lipinski definition) is 0. The second-order valence-corrected chi connectivity index (χ2v) is 3.23. The minimum atomic E-state index is 0.941. The maximum absolute atomic E-state index is 4.46. The number of aryl methyl sites for hydroxylation is 2. The van der Waals surface area contributed by atoms with Crippen LogP contribution in [0.3, 0.4) is 0 Å². The molecule has 0 saturated carbocycles. The van der Waals surface area contributed by atoms with Crippen molar-refractivity contribution in [1.29, 1.82) is 0 Å². The van der Waals surface area contributed by atoms with Gasteiger partial charge in [-0.1, -0.05) is 19.1 Å². The summed E-state index contributed by atoms with van der Waals surface area (Å²) in [6.45, 7) is 5.21. The van der Waals surface area contributed by atoms with Crippen LogP contribution in [0.5, 0.6) is 0 Å². The number of hydrogen-bond acceptors (Lipinski definition) is 1. The number of rotatable bonds is 2. The van der Waals surface area contributed by atoms with E-state index in [0.29, 0.717) is 0 Å². The number of nitrogens with zero attached hydrogens (tertiary/aromatic N) is 2. The van der Waals surface area contributed by atoms with Crippen LogP contribution < -0.4 is 0 Å². The molecule has 0 aliphatic carbocycles. The molecule has 1 aromatic carbocycles. The summed E-state index contributed by atoms with van der Waals surface area (Å²) in [6, 6.07) is 6.48. The van der Waals surface area contributed by atoms with Gasteiger partial charge in [0.1, 0.15) is 0 Å². The molecule has 2 rings (SSSR count). The average Bonchev–Trinajstić information content (AvgIpc) is 2.58. The van der Waals surface area contributed by atoms with Crippen molar-refractivity contribution in [3.05, 3.63) is 30.0 Å². The van der Waals surface area contributed by atoms with Gasteiger partial charge in [-0.15, -0.1) is 0 Å². The highest BCUT2D eigenvalue weighted by Crippen LogP contribution is 2.14. The van der Waals surface area contributed by atoms with E-state index in [1.54, 1.807) is 0 Å². The van der Waals surface area contributed by atoms with Crippen molar-refractivity contribution in [2.75, 3.05) is 0 Å². The van der Waals surface area contributed by atoms with Gasteiger partial charge in [0.15, 0.2) is 0 Å².